The van der Waals surface area contributed by atoms with E-state index in [-0.39, 0.29) is 11.4 Å². The van der Waals surface area contributed by atoms with Crippen LogP contribution in [-0.2, 0) is 3.79 Å². The standard InChI is InChI=1S/C5H2Cl3IN2O/c6-5(7,8)4-10-1-2(9)3(12)11-4/h1H,(H,10,11,12). The Morgan fingerprint density at radius 3 is 2.50 bits per heavy atom. The van der Waals surface area contributed by atoms with Gasteiger partial charge in [-0.25, -0.2) is 4.98 Å². The molecule has 1 aromatic rings. The Hall–Kier alpha value is 0.480. The Morgan fingerprint density at radius 1 is 1.50 bits per heavy atom. The van der Waals surface area contributed by atoms with Crippen molar-refractivity contribution in [2.75, 3.05) is 0 Å². The molecule has 1 heterocycles. The summed E-state index contributed by atoms with van der Waals surface area (Å²) in [6, 6.07) is 0. The van der Waals surface area contributed by atoms with Crippen LogP contribution in [0.25, 0.3) is 0 Å². The first-order chi connectivity index (χ1) is 5.41. The van der Waals surface area contributed by atoms with Gasteiger partial charge in [0.25, 0.3) is 5.56 Å². The number of aromatic nitrogens is 2. The first-order valence-corrected chi connectivity index (χ1v) is 4.94. The number of H-pyrrole nitrogens is 1. The van der Waals surface area contributed by atoms with E-state index in [1.165, 1.54) is 6.20 Å². The first-order valence-electron chi connectivity index (χ1n) is 2.73. The van der Waals surface area contributed by atoms with Crippen molar-refractivity contribution in [1.82, 2.24) is 9.97 Å². The second kappa shape index (κ2) is 3.69. The van der Waals surface area contributed by atoms with Crippen molar-refractivity contribution >= 4 is 57.4 Å². The van der Waals surface area contributed by atoms with Crippen molar-refractivity contribution in [1.29, 1.82) is 0 Å². The fraction of sp³-hybridized carbons (Fsp3) is 0.200. The fourth-order valence-electron chi connectivity index (χ4n) is 0.523. The van der Waals surface area contributed by atoms with Crippen LogP contribution in [0.3, 0.4) is 0 Å². The maximum absolute atomic E-state index is 11.0. The van der Waals surface area contributed by atoms with Gasteiger partial charge in [-0.05, 0) is 22.6 Å². The number of nitrogens with zero attached hydrogens (tertiary/aromatic N) is 1. The summed E-state index contributed by atoms with van der Waals surface area (Å²) in [5.41, 5.74) is -0.313. The molecule has 66 valence electrons. The van der Waals surface area contributed by atoms with Gasteiger partial charge in [-0.1, -0.05) is 34.8 Å². The minimum atomic E-state index is -1.68. The Balaban J connectivity index is 3.23. The largest absolute Gasteiger partial charge is 0.306 e. The summed E-state index contributed by atoms with van der Waals surface area (Å²) in [6.45, 7) is 0. The summed E-state index contributed by atoms with van der Waals surface area (Å²) in [4.78, 5) is 17.1. The van der Waals surface area contributed by atoms with Crippen molar-refractivity contribution in [3.8, 4) is 0 Å². The highest BCUT2D eigenvalue weighted by molar-refractivity contribution is 14.1. The molecule has 0 spiro atoms. The molecule has 0 atom stereocenters. The molecule has 0 unspecified atom stereocenters. The van der Waals surface area contributed by atoms with Crippen LogP contribution in [0.5, 0.6) is 0 Å². The van der Waals surface area contributed by atoms with Crippen molar-refractivity contribution in [3.05, 3.63) is 25.9 Å². The van der Waals surface area contributed by atoms with Crippen LogP contribution < -0.4 is 5.56 Å². The van der Waals surface area contributed by atoms with Crippen molar-refractivity contribution in [2.45, 2.75) is 3.79 Å². The lowest BCUT2D eigenvalue weighted by atomic mass is 10.6. The highest BCUT2D eigenvalue weighted by Gasteiger charge is 2.25. The molecule has 7 heteroatoms. The molecular formula is C5H2Cl3IN2O. The molecule has 0 aliphatic rings. The molecule has 3 nitrogen and oxygen atoms in total. The van der Waals surface area contributed by atoms with E-state index in [9.17, 15) is 4.79 Å². The predicted octanol–water partition coefficient (Wildman–Crippen LogP) is 2.20. The molecule has 0 aliphatic heterocycles. The molecule has 0 saturated carbocycles. The van der Waals surface area contributed by atoms with Crippen LogP contribution >= 0.6 is 57.4 Å². The van der Waals surface area contributed by atoms with Crippen LogP contribution in [0.2, 0.25) is 0 Å². The lowest BCUT2D eigenvalue weighted by Gasteiger charge is -2.08. The lowest BCUT2D eigenvalue weighted by molar-refractivity contribution is 0.936. The average Bonchev–Trinajstić information content (AvgIpc) is 1.92. The Labute approximate surface area is 96.6 Å². The Morgan fingerprint density at radius 2 is 2.08 bits per heavy atom. The molecule has 0 bridgehead atoms. The zero-order valence-electron chi connectivity index (χ0n) is 5.44. The van der Waals surface area contributed by atoms with Gasteiger partial charge in [-0.2, -0.15) is 0 Å². The number of alkyl halides is 3. The summed E-state index contributed by atoms with van der Waals surface area (Å²) in [5, 5.41) is 0. The number of aromatic amines is 1. The predicted molar refractivity (Wildman–Crippen MR) is 56.8 cm³/mol. The lowest BCUT2D eigenvalue weighted by Crippen LogP contribution is -2.18. The van der Waals surface area contributed by atoms with E-state index in [4.69, 9.17) is 34.8 Å². The van der Waals surface area contributed by atoms with Crippen molar-refractivity contribution in [3.63, 3.8) is 0 Å². The summed E-state index contributed by atoms with van der Waals surface area (Å²) < 4.78 is -1.23. The van der Waals surface area contributed by atoms with Crippen molar-refractivity contribution < 1.29 is 0 Å². The third kappa shape index (κ3) is 2.48. The molecule has 1 rings (SSSR count). The third-order valence-electron chi connectivity index (χ3n) is 1.02. The van der Waals surface area contributed by atoms with E-state index < -0.39 is 3.79 Å². The molecular weight excluding hydrogens is 337 g/mol. The fourth-order valence-corrected chi connectivity index (χ4v) is 1.09. The van der Waals surface area contributed by atoms with Gasteiger partial charge < -0.3 is 4.98 Å². The average molecular weight is 339 g/mol. The minimum absolute atomic E-state index is 0.0258. The van der Waals surface area contributed by atoms with E-state index >= 15 is 0 Å². The highest BCUT2D eigenvalue weighted by Crippen LogP contribution is 2.34. The van der Waals surface area contributed by atoms with Gasteiger partial charge in [0.05, 0.1) is 3.57 Å². The number of rotatable bonds is 0. The number of hydrogen-bond acceptors (Lipinski definition) is 2. The zero-order chi connectivity index (χ0) is 9.35. The zero-order valence-corrected chi connectivity index (χ0v) is 9.87. The quantitative estimate of drug-likeness (QED) is 0.582. The van der Waals surface area contributed by atoms with E-state index in [2.05, 4.69) is 9.97 Å². The maximum Gasteiger partial charge on any atom is 0.264 e. The molecule has 0 aliphatic carbocycles. The van der Waals surface area contributed by atoms with E-state index in [0.29, 0.717) is 3.57 Å². The molecule has 0 fully saturated rings. The van der Waals surface area contributed by atoms with Crippen LogP contribution in [0.4, 0.5) is 0 Å². The van der Waals surface area contributed by atoms with Crippen molar-refractivity contribution in [2.24, 2.45) is 0 Å². The normalized spacial score (nSPS) is 11.7. The molecule has 1 aromatic heterocycles. The van der Waals surface area contributed by atoms with Crippen LogP contribution in [0.1, 0.15) is 5.82 Å². The van der Waals surface area contributed by atoms with Gasteiger partial charge in [0.15, 0.2) is 5.82 Å². The summed E-state index contributed by atoms with van der Waals surface area (Å²) in [5.74, 6) is 0.0258. The number of nitrogens with one attached hydrogen (secondary N) is 1. The Bertz CT molecular complexity index is 345. The third-order valence-corrected chi connectivity index (χ3v) is 2.33. The smallest absolute Gasteiger partial charge is 0.264 e. The molecule has 0 aromatic carbocycles. The summed E-state index contributed by atoms with van der Waals surface area (Å²) >= 11 is 18.3. The number of hydrogen-bond donors (Lipinski definition) is 1. The van der Waals surface area contributed by atoms with Crippen LogP contribution in [0.15, 0.2) is 11.0 Å². The minimum Gasteiger partial charge on any atom is -0.306 e. The maximum atomic E-state index is 11.0. The monoisotopic (exact) mass is 338 g/mol. The van der Waals surface area contributed by atoms with Gasteiger partial charge in [-0.15, -0.1) is 0 Å². The highest BCUT2D eigenvalue weighted by atomic mass is 127. The molecule has 0 radical (unpaired) electrons. The SMILES string of the molecule is O=c1[nH]c(C(Cl)(Cl)Cl)ncc1I. The van der Waals surface area contributed by atoms with Crippen LogP contribution in [0, 0.1) is 3.57 Å². The van der Waals surface area contributed by atoms with Gasteiger partial charge in [0.1, 0.15) is 0 Å². The number of halogens is 4. The second-order valence-corrected chi connectivity index (χ2v) is 5.35. The van der Waals surface area contributed by atoms with E-state index in [1.807, 2.05) is 22.6 Å². The van der Waals surface area contributed by atoms with Gasteiger partial charge >= 0.3 is 0 Å². The Kier molecular flexibility index (Phi) is 3.25. The molecule has 12 heavy (non-hydrogen) atoms. The first kappa shape index (κ1) is 10.6. The van der Waals surface area contributed by atoms with Gasteiger partial charge in [-0.3, -0.25) is 4.79 Å². The summed E-state index contributed by atoms with van der Waals surface area (Å²) in [7, 11) is 0. The van der Waals surface area contributed by atoms with Gasteiger partial charge in [0.2, 0.25) is 3.79 Å². The topological polar surface area (TPSA) is 45.8 Å². The van der Waals surface area contributed by atoms with Crippen LogP contribution in [-0.4, -0.2) is 9.97 Å². The van der Waals surface area contributed by atoms with Gasteiger partial charge in [0, 0.05) is 6.20 Å². The summed E-state index contributed by atoms with van der Waals surface area (Å²) in [6.07, 6.45) is 1.34. The molecule has 0 amide bonds. The van der Waals surface area contributed by atoms with E-state index in [1.54, 1.807) is 0 Å². The second-order valence-electron chi connectivity index (χ2n) is 1.91. The molecule has 1 N–H and O–H groups in total. The van der Waals surface area contributed by atoms with E-state index in [0.717, 1.165) is 0 Å². The molecule has 0 saturated heterocycles.